The third-order valence-corrected chi connectivity index (χ3v) is 5.62. The Morgan fingerprint density at radius 2 is 1.81 bits per heavy atom. The maximum absolute atomic E-state index is 13.3. The van der Waals surface area contributed by atoms with Crippen LogP contribution in [0.25, 0.3) is 0 Å². The number of nitrogens with zero attached hydrogens (tertiary/aromatic N) is 3. The lowest BCUT2D eigenvalue weighted by atomic mass is 9.64. The van der Waals surface area contributed by atoms with E-state index < -0.39 is 11.6 Å². The van der Waals surface area contributed by atoms with Crippen LogP contribution in [0.5, 0.6) is 0 Å². The van der Waals surface area contributed by atoms with Crippen molar-refractivity contribution < 1.29 is 19.5 Å². The molecular weight excluding hydrogens is 334 g/mol. The SMILES string of the molecule is CN1C(=O)N(c2ccccc2)C2(CCN(C(=O)O)CC2C(C)(C)C)C1=O. The average molecular weight is 359 g/mol. The first kappa shape index (κ1) is 18.2. The normalized spacial score (nSPS) is 26.8. The molecule has 0 radical (unpaired) electrons. The van der Waals surface area contributed by atoms with Crippen molar-refractivity contribution in [3.63, 3.8) is 0 Å². The molecule has 2 saturated heterocycles. The second kappa shape index (κ2) is 6.00. The van der Waals surface area contributed by atoms with Crippen LogP contribution >= 0.6 is 0 Å². The molecule has 1 N–H and O–H groups in total. The van der Waals surface area contributed by atoms with E-state index in [4.69, 9.17) is 0 Å². The van der Waals surface area contributed by atoms with E-state index in [0.717, 1.165) is 0 Å². The van der Waals surface area contributed by atoms with Crippen LogP contribution < -0.4 is 4.90 Å². The van der Waals surface area contributed by atoms with Crippen molar-refractivity contribution in [2.24, 2.45) is 11.3 Å². The van der Waals surface area contributed by atoms with Gasteiger partial charge in [-0.25, -0.2) is 9.59 Å². The molecule has 2 aliphatic heterocycles. The van der Waals surface area contributed by atoms with Gasteiger partial charge >= 0.3 is 12.1 Å². The van der Waals surface area contributed by atoms with Crippen molar-refractivity contribution in [1.82, 2.24) is 9.80 Å². The maximum atomic E-state index is 13.3. The van der Waals surface area contributed by atoms with Gasteiger partial charge in [-0.15, -0.1) is 0 Å². The van der Waals surface area contributed by atoms with Crippen LogP contribution in [0.15, 0.2) is 30.3 Å². The van der Waals surface area contributed by atoms with Gasteiger partial charge in [0.05, 0.1) is 0 Å². The van der Waals surface area contributed by atoms with Crippen molar-refractivity contribution in [3.8, 4) is 0 Å². The van der Waals surface area contributed by atoms with E-state index in [-0.39, 0.29) is 42.8 Å². The summed E-state index contributed by atoms with van der Waals surface area (Å²) in [7, 11) is 1.50. The van der Waals surface area contributed by atoms with E-state index in [2.05, 4.69) is 0 Å². The number of carbonyl (C=O) groups excluding carboxylic acids is 2. The molecule has 1 aromatic rings. The molecule has 2 heterocycles. The van der Waals surface area contributed by atoms with E-state index in [9.17, 15) is 19.5 Å². The Morgan fingerprint density at radius 3 is 2.35 bits per heavy atom. The third kappa shape index (κ3) is 2.53. The molecule has 0 aliphatic carbocycles. The standard InChI is InChI=1S/C19H25N3O4/c1-18(2,3)14-12-21(17(25)26)11-10-19(14)15(23)20(4)16(24)22(19)13-8-6-5-7-9-13/h5-9,14H,10-12H2,1-4H3,(H,25,26). The van der Waals surface area contributed by atoms with Gasteiger partial charge in [0, 0.05) is 31.7 Å². The number of urea groups is 1. The number of imide groups is 1. The van der Waals surface area contributed by atoms with Crippen LogP contribution in [0.4, 0.5) is 15.3 Å². The van der Waals surface area contributed by atoms with Gasteiger partial charge in [0.2, 0.25) is 0 Å². The van der Waals surface area contributed by atoms with Gasteiger partial charge in [-0.05, 0) is 24.0 Å². The number of carbonyl (C=O) groups is 3. The topological polar surface area (TPSA) is 81.2 Å². The molecule has 4 amide bonds. The lowest BCUT2D eigenvalue weighted by molar-refractivity contribution is -0.136. The lowest BCUT2D eigenvalue weighted by Crippen LogP contribution is -2.66. The summed E-state index contributed by atoms with van der Waals surface area (Å²) in [6.45, 7) is 6.41. The van der Waals surface area contributed by atoms with Crippen molar-refractivity contribution in [2.45, 2.75) is 32.7 Å². The molecule has 1 aromatic carbocycles. The smallest absolute Gasteiger partial charge is 0.407 e. The first-order valence-corrected chi connectivity index (χ1v) is 8.76. The van der Waals surface area contributed by atoms with Gasteiger partial charge in [-0.2, -0.15) is 0 Å². The number of likely N-dealkylation sites (N-methyl/N-ethyl adjacent to an activating group) is 1. The van der Waals surface area contributed by atoms with E-state index in [1.807, 2.05) is 51.1 Å². The summed E-state index contributed by atoms with van der Waals surface area (Å²) in [5.74, 6) is -0.585. The van der Waals surface area contributed by atoms with Crippen molar-refractivity contribution in [2.75, 3.05) is 25.0 Å². The largest absolute Gasteiger partial charge is 0.465 e. The highest BCUT2D eigenvalue weighted by molar-refractivity contribution is 6.17. The summed E-state index contributed by atoms with van der Waals surface area (Å²) in [6, 6.07) is 8.79. The number of hydrogen-bond donors (Lipinski definition) is 1. The Balaban J connectivity index is 2.17. The van der Waals surface area contributed by atoms with Gasteiger partial charge in [0.15, 0.2) is 0 Å². The van der Waals surface area contributed by atoms with Crippen molar-refractivity contribution >= 4 is 23.7 Å². The molecule has 2 unspecified atom stereocenters. The summed E-state index contributed by atoms with van der Waals surface area (Å²) in [6.07, 6.45) is -0.712. The molecule has 2 fully saturated rings. The van der Waals surface area contributed by atoms with Crippen molar-refractivity contribution in [3.05, 3.63) is 30.3 Å². The fourth-order valence-corrected chi connectivity index (χ4v) is 4.34. The quantitative estimate of drug-likeness (QED) is 0.782. The molecule has 26 heavy (non-hydrogen) atoms. The third-order valence-electron chi connectivity index (χ3n) is 5.62. The number of carboxylic acid groups (broad SMARTS) is 1. The molecule has 7 nitrogen and oxygen atoms in total. The van der Waals surface area contributed by atoms with Crippen LogP contribution in [-0.4, -0.2) is 58.6 Å². The van der Waals surface area contributed by atoms with Gasteiger partial charge in [-0.1, -0.05) is 39.0 Å². The molecule has 0 aromatic heterocycles. The monoisotopic (exact) mass is 359 g/mol. The summed E-state index contributed by atoms with van der Waals surface area (Å²) in [5, 5.41) is 9.46. The van der Waals surface area contributed by atoms with Crippen molar-refractivity contribution in [1.29, 1.82) is 0 Å². The van der Waals surface area contributed by atoms with Crippen LogP contribution in [-0.2, 0) is 4.79 Å². The number of rotatable bonds is 1. The number of benzene rings is 1. The predicted octanol–water partition coefficient (Wildman–Crippen LogP) is 2.87. The number of likely N-dealkylation sites (tertiary alicyclic amines) is 1. The van der Waals surface area contributed by atoms with E-state index in [0.29, 0.717) is 5.69 Å². The average Bonchev–Trinajstić information content (AvgIpc) is 2.77. The van der Waals surface area contributed by atoms with Gasteiger partial charge in [0.1, 0.15) is 5.54 Å². The fraction of sp³-hybridized carbons (Fsp3) is 0.526. The summed E-state index contributed by atoms with van der Waals surface area (Å²) >= 11 is 0. The number of anilines is 1. The van der Waals surface area contributed by atoms with Crippen LogP contribution in [0, 0.1) is 11.3 Å². The molecule has 3 rings (SSSR count). The molecule has 2 atom stereocenters. The number of amides is 4. The Kier molecular flexibility index (Phi) is 4.21. The maximum Gasteiger partial charge on any atom is 0.407 e. The van der Waals surface area contributed by atoms with Crippen LogP contribution in [0.1, 0.15) is 27.2 Å². The van der Waals surface area contributed by atoms with Crippen LogP contribution in [0.3, 0.4) is 0 Å². The summed E-state index contributed by atoms with van der Waals surface area (Å²) in [5.41, 5.74) is -0.784. The Labute approximate surface area is 153 Å². The molecule has 2 aliphatic rings. The summed E-state index contributed by atoms with van der Waals surface area (Å²) in [4.78, 5) is 41.9. The highest BCUT2D eigenvalue weighted by Gasteiger charge is 2.64. The minimum atomic E-state index is -1.07. The first-order valence-electron chi connectivity index (χ1n) is 8.76. The lowest BCUT2D eigenvalue weighted by Gasteiger charge is -2.52. The molecule has 1 spiro atoms. The van der Waals surface area contributed by atoms with E-state index >= 15 is 0 Å². The molecular formula is C19H25N3O4. The Bertz CT molecular complexity index is 743. The minimum Gasteiger partial charge on any atom is -0.465 e. The van der Waals surface area contributed by atoms with Gasteiger partial charge in [0.25, 0.3) is 5.91 Å². The van der Waals surface area contributed by atoms with E-state index in [1.165, 1.54) is 16.8 Å². The zero-order chi connectivity index (χ0) is 19.3. The minimum absolute atomic E-state index is 0.217. The predicted molar refractivity (Wildman–Crippen MR) is 97.0 cm³/mol. The fourth-order valence-electron chi connectivity index (χ4n) is 4.34. The second-order valence-corrected chi connectivity index (χ2v) is 8.14. The second-order valence-electron chi connectivity index (χ2n) is 8.14. The number of piperidine rings is 1. The van der Waals surface area contributed by atoms with Gasteiger partial charge in [-0.3, -0.25) is 14.6 Å². The highest BCUT2D eigenvalue weighted by Crippen LogP contribution is 2.49. The molecule has 140 valence electrons. The molecule has 0 bridgehead atoms. The van der Waals surface area contributed by atoms with Gasteiger partial charge < -0.3 is 10.0 Å². The Hall–Kier alpha value is -2.57. The van der Waals surface area contributed by atoms with E-state index in [1.54, 1.807) is 4.90 Å². The number of para-hydroxylation sites is 1. The highest BCUT2D eigenvalue weighted by atomic mass is 16.4. The molecule has 0 saturated carbocycles. The molecule has 7 heteroatoms. The zero-order valence-corrected chi connectivity index (χ0v) is 15.6. The van der Waals surface area contributed by atoms with Crippen LogP contribution in [0.2, 0.25) is 0 Å². The zero-order valence-electron chi connectivity index (χ0n) is 15.6. The first-order chi connectivity index (χ1) is 12.1. The summed E-state index contributed by atoms with van der Waals surface area (Å²) < 4.78 is 0. The number of hydrogen-bond acceptors (Lipinski definition) is 3. The Morgan fingerprint density at radius 1 is 1.19 bits per heavy atom.